The number of halogens is 1. The molecule has 5 heteroatoms. The lowest BCUT2D eigenvalue weighted by atomic mass is 9.83. The molecule has 1 fully saturated rings. The standard InChI is InChI=1S/C21H33ClN2O2/c1-6-21(24(7-2)16-17-10-8-9-11-18(17)22)12-14-23(15-13-21)19(25)26-20(3,4)5/h8-11H,6-7,12-16H2,1-5H3. The van der Waals surface area contributed by atoms with Crippen LogP contribution in [0.4, 0.5) is 4.79 Å². The fourth-order valence-corrected chi connectivity index (χ4v) is 3.97. The summed E-state index contributed by atoms with van der Waals surface area (Å²) >= 11 is 6.38. The minimum Gasteiger partial charge on any atom is -0.444 e. The molecule has 1 amide bonds. The van der Waals surface area contributed by atoms with Gasteiger partial charge in [0.15, 0.2) is 0 Å². The summed E-state index contributed by atoms with van der Waals surface area (Å²) in [5.74, 6) is 0. The van der Waals surface area contributed by atoms with Gasteiger partial charge in [-0.3, -0.25) is 4.90 Å². The van der Waals surface area contributed by atoms with E-state index in [9.17, 15) is 4.79 Å². The van der Waals surface area contributed by atoms with Crippen LogP contribution in [0.1, 0.15) is 59.4 Å². The predicted octanol–water partition coefficient (Wildman–Crippen LogP) is 5.34. The van der Waals surface area contributed by atoms with Crippen LogP contribution in [0.25, 0.3) is 0 Å². The Bertz CT molecular complexity index is 604. The van der Waals surface area contributed by atoms with Gasteiger partial charge in [-0.15, -0.1) is 0 Å². The van der Waals surface area contributed by atoms with Crippen molar-refractivity contribution in [2.45, 2.75) is 71.6 Å². The summed E-state index contributed by atoms with van der Waals surface area (Å²) in [7, 11) is 0. The summed E-state index contributed by atoms with van der Waals surface area (Å²) in [5.41, 5.74) is 0.820. The quantitative estimate of drug-likeness (QED) is 0.691. The van der Waals surface area contributed by atoms with Crippen LogP contribution in [-0.2, 0) is 11.3 Å². The molecule has 1 aliphatic heterocycles. The van der Waals surface area contributed by atoms with Crippen LogP contribution in [0.2, 0.25) is 5.02 Å². The second-order valence-corrected chi connectivity index (χ2v) is 8.56. The van der Waals surface area contributed by atoms with Gasteiger partial charge < -0.3 is 9.64 Å². The number of likely N-dealkylation sites (tertiary alicyclic amines) is 1. The second kappa shape index (κ2) is 8.62. The normalized spacial score (nSPS) is 17.4. The lowest BCUT2D eigenvalue weighted by molar-refractivity contribution is -0.0101. The van der Waals surface area contributed by atoms with Crippen LogP contribution in [0.5, 0.6) is 0 Å². The number of piperidine rings is 1. The number of ether oxygens (including phenoxy) is 1. The maximum atomic E-state index is 12.4. The van der Waals surface area contributed by atoms with Gasteiger partial charge in [-0.05, 0) is 58.2 Å². The number of hydrogen-bond acceptors (Lipinski definition) is 3. The van der Waals surface area contributed by atoms with Gasteiger partial charge in [-0.2, -0.15) is 0 Å². The maximum Gasteiger partial charge on any atom is 0.410 e. The lowest BCUT2D eigenvalue weighted by Crippen LogP contribution is -2.56. The van der Waals surface area contributed by atoms with Crippen LogP contribution >= 0.6 is 11.6 Å². The molecule has 0 radical (unpaired) electrons. The number of amides is 1. The van der Waals surface area contributed by atoms with E-state index in [-0.39, 0.29) is 11.6 Å². The Morgan fingerprint density at radius 3 is 2.35 bits per heavy atom. The number of nitrogens with zero attached hydrogens (tertiary/aromatic N) is 2. The van der Waals surface area contributed by atoms with Crippen molar-refractivity contribution in [2.75, 3.05) is 19.6 Å². The number of rotatable bonds is 5. The van der Waals surface area contributed by atoms with Crippen LogP contribution in [-0.4, -0.2) is 46.7 Å². The Kier molecular flexibility index (Phi) is 6.98. The highest BCUT2D eigenvalue weighted by Crippen LogP contribution is 2.34. The first-order valence-corrected chi connectivity index (χ1v) is 10.0. The third kappa shape index (κ3) is 5.14. The Morgan fingerprint density at radius 2 is 1.85 bits per heavy atom. The van der Waals surface area contributed by atoms with E-state index in [4.69, 9.17) is 16.3 Å². The van der Waals surface area contributed by atoms with Crippen molar-refractivity contribution in [2.24, 2.45) is 0 Å². The molecule has 1 heterocycles. The fourth-order valence-electron chi connectivity index (χ4n) is 3.77. The summed E-state index contributed by atoms with van der Waals surface area (Å²) in [6, 6.07) is 8.06. The molecule has 0 aromatic heterocycles. The van der Waals surface area contributed by atoms with Gasteiger partial charge in [0.1, 0.15) is 5.60 Å². The van der Waals surface area contributed by atoms with Gasteiger partial charge in [0.05, 0.1) is 0 Å². The van der Waals surface area contributed by atoms with Gasteiger partial charge >= 0.3 is 6.09 Å². The molecule has 1 aromatic rings. The van der Waals surface area contributed by atoms with Gasteiger partial charge in [0.2, 0.25) is 0 Å². The molecule has 146 valence electrons. The van der Waals surface area contributed by atoms with E-state index < -0.39 is 5.60 Å². The molecule has 1 saturated heterocycles. The average Bonchev–Trinajstić information content (AvgIpc) is 2.59. The van der Waals surface area contributed by atoms with Crippen molar-refractivity contribution in [3.8, 4) is 0 Å². The molecular weight excluding hydrogens is 348 g/mol. The van der Waals surface area contributed by atoms with Gasteiger partial charge in [0, 0.05) is 30.2 Å². The minimum atomic E-state index is -0.449. The highest BCUT2D eigenvalue weighted by atomic mass is 35.5. The van der Waals surface area contributed by atoms with Gasteiger partial charge in [-0.1, -0.05) is 43.6 Å². The SMILES string of the molecule is CCN(Cc1ccccc1Cl)C1(CC)CCN(C(=O)OC(C)(C)C)CC1. The van der Waals surface area contributed by atoms with E-state index >= 15 is 0 Å². The first-order valence-electron chi connectivity index (χ1n) is 9.67. The maximum absolute atomic E-state index is 12.4. The summed E-state index contributed by atoms with van der Waals surface area (Å²) in [5, 5.41) is 0.823. The fraction of sp³-hybridized carbons (Fsp3) is 0.667. The molecule has 2 rings (SSSR count). The van der Waals surface area contributed by atoms with Crippen molar-refractivity contribution in [1.82, 2.24) is 9.80 Å². The molecule has 0 atom stereocenters. The van der Waals surface area contributed by atoms with E-state index in [1.165, 1.54) is 5.56 Å². The minimum absolute atomic E-state index is 0.104. The Balaban J connectivity index is 2.07. The Labute approximate surface area is 163 Å². The van der Waals surface area contributed by atoms with Gasteiger partial charge in [-0.25, -0.2) is 4.79 Å². The molecule has 0 bridgehead atoms. The highest BCUT2D eigenvalue weighted by molar-refractivity contribution is 6.31. The molecule has 1 aromatic carbocycles. The van der Waals surface area contributed by atoms with E-state index in [2.05, 4.69) is 24.8 Å². The topological polar surface area (TPSA) is 32.8 Å². The number of hydrogen-bond donors (Lipinski definition) is 0. The zero-order valence-corrected chi connectivity index (χ0v) is 17.6. The third-order valence-corrected chi connectivity index (χ3v) is 5.74. The highest BCUT2D eigenvalue weighted by Gasteiger charge is 2.39. The van der Waals surface area contributed by atoms with Crippen molar-refractivity contribution in [1.29, 1.82) is 0 Å². The number of benzene rings is 1. The molecule has 0 aliphatic carbocycles. The Morgan fingerprint density at radius 1 is 1.23 bits per heavy atom. The largest absolute Gasteiger partial charge is 0.444 e. The molecule has 0 N–H and O–H groups in total. The van der Waals surface area contributed by atoms with E-state index in [1.54, 1.807) is 0 Å². The van der Waals surface area contributed by atoms with Crippen LogP contribution < -0.4 is 0 Å². The number of carbonyl (C=O) groups excluding carboxylic acids is 1. The zero-order valence-electron chi connectivity index (χ0n) is 16.8. The zero-order chi connectivity index (χ0) is 19.4. The Hall–Kier alpha value is -1.26. The van der Waals surface area contributed by atoms with Gasteiger partial charge in [0.25, 0.3) is 0 Å². The average molecular weight is 381 g/mol. The van der Waals surface area contributed by atoms with E-state index in [0.29, 0.717) is 0 Å². The molecule has 0 unspecified atom stereocenters. The second-order valence-electron chi connectivity index (χ2n) is 8.15. The smallest absolute Gasteiger partial charge is 0.410 e. The third-order valence-electron chi connectivity index (χ3n) is 5.38. The van der Waals surface area contributed by atoms with E-state index in [0.717, 1.165) is 50.5 Å². The van der Waals surface area contributed by atoms with Crippen molar-refractivity contribution in [3.63, 3.8) is 0 Å². The molecule has 0 saturated carbocycles. The predicted molar refractivity (Wildman–Crippen MR) is 108 cm³/mol. The number of carbonyl (C=O) groups is 1. The van der Waals surface area contributed by atoms with Crippen LogP contribution in [0.15, 0.2) is 24.3 Å². The molecule has 26 heavy (non-hydrogen) atoms. The van der Waals surface area contributed by atoms with Crippen molar-refractivity contribution in [3.05, 3.63) is 34.9 Å². The lowest BCUT2D eigenvalue weighted by Gasteiger charge is -2.48. The van der Waals surface area contributed by atoms with Crippen LogP contribution in [0, 0.1) is 0 Å². The molecular formula is C21H33ClN2O2. The monoisotopic (exact) mass is 380 g/mol. The van der Waals surface area contributed by atoms with Crippen LogP contribution in [0.3, 0.4) is 0 Å². The summed E-state index contributed by atoms with van der Waals surface area (Å²) in [6.45, 7) is 13.5. The van der Waals surface area contributed by atoms with Crippen molar-refractivity contribution >= 4 is 17.7 Å². The molecule has 1 aliphatic rings. The first kappa shape index (κ1) is 21.0. The summed E-state index contributed by atoms with van der Waals surface area (Å²) < 4.78 is 5.53. The molecule has 4 nitrogen and oxygen atoms in total. The van der Waals surface area contributed by atoms with E-state index in [1.807, 2.05) is 43.9 Å². The summed E-state index contributed by atoms with van der Waals surface area (Å²) in [6.07, 6.45) is 2.78. The summed E-state index contributed by atoms with van der Waals surface area (Å²) in [4.78, 5) is 16.7. The van der Waals surface area contributed by atoms with Crippen molar-refractivity contribution < 1.29 is 9.53 Å². The first-order chi connectivity index (χ1) is 12.2. The molecule has 0 spiro atoms.